The number of likely N-dealkylation sites (N-methyl/N-ethyl adjacent to an activating group) is 1. The highest BCUT2D eigenvalue weighted by Gasteiger charge is 2.24. The summed E-state index contributed by atoms with van der Waals surface area (Å²) in [6.07, 6.45) is 0. The van der Waals surface area contributed by atoms with E-state index < -0.39 is 16.0 Å². The quantitative estimate of drug-likeness (QED) is 0.688. The van der Waals surface area contributed by atoms with Gasteiger partial charge in [-0.3, -0.25) is 0 Å². The van der Waals surface area contributed by atoms with Gasteiger partial charge in [0.2, 0.25) is 10.0 Å². The zero-order valence-corrected chi connectivity index (χ0v) is 14.1. The summed E-state index contributed by atoms with van der Waals surface area (Å²) >= 11 is 1.86. The molecule has 1 rings (SSSR count). The van der Waals surface area contributed by atoms with Crippen LogP contribution in [0.1, 0.15) is 17.3 Å². The Kier molecular flexibility index (Phi) is 6.37. The van der Waals surface area contributed by atoms with E-state index in [1.165, 1.54) is 29.6 Å². The third-order valence-corrected chi connectivity index (χ3v) is 5.61. The van der Waals surface area contributed by atoms with Crippen LogP contribution in [-0.4, -0.2) is 50.6 Å². The van der Waals surface area contributed by atoms with Gasteiger partial charge in [-0.05, 0) is 40.8 Å². The number of carbonyl (C=O) groups is 1. The predicted molar refractivity (Wildman–Crippen MR) is 82.4 cm³/mol. The molecule has 1 aromatic rings. The Morgan fingerprint density at radius 3 is 2.60 bits per heavy atom. The number of aromatic carboxylic acids is 1. The van der Waals surface area contributed by atoms with E-state index in [2.05, 4.69) is 0 Å². The number of carboxylic acids is 1. The maximum Gasteiger partial charge on any atom is 0.336 e. The summed E-state index contributed by atoms with van der Waals surface area (Å²) in [5.41, 5.74) is -0.0190. The molecule has 1 N–H and O–H groups in total. The van der Waals surface area contributed by atoms with Gasteiger partial charge in [0.15, 0.2) is 0 Å². The number of hydrogen-bond acceptors (Lipinski definition) is 4. The first-order chi connectivity index (χ1) is 9.34. The lowest BCUT2D eigenvalue weighted by molar-refractivity contribution is 0.0695. The van der Waals surface area contributed by atoms with Crippen LogP contribution in [0.2, 0.25) is 0 Å². The fourth-order valence-electron chi connectivity index (χ4n) is 1.62. The van der Waals surface area contributed by atoms with E-state index in [0.29, 0.717) is 10.1 Å². The molecular weight excluding hydrogens is 397 g/mol. The van der Waals surface area contributed by atoms with Crippen LogP contribution in [0.3, 0.4) is 0 Å². The zero-order chi connectivity index (χ0) is 15.3. The van der Waals surface area contributed by atoms with Gasteiger partial charge in [0.1, 0.15) is 0 Å². The smallest absolute Gasteiger partial charge is 0.336 e. The first-order valence-electron chi connectivity index (χ1n) is 5.86. The van der Waals surface area contributed by atoms with Crippen LogP contribution in [-0.2, 0) is 14.8 Å². The molecular formula is C12H16INO5S. The molecule has 0 atom stereocenters. The molecule has 6 nitrogen and oxygen atoms in total. The van der Waals surface area contributed by atoms with Gasteiger partial charge in [-0.25, -0.2) is 13.2 Å². The minimum Gasteiger partial charge on any atom is -0.478 e. The maximum atomic E-state index is 12.4. The molecule has 0 aliphatic carbocycles. The van der Waals surface area contributed by atoms with Crippen molar-refractivity contribution in [1.29, 1.82) is 0 Å². The fourth-order valence-corrected chi connectivity index (χ4v) is 3.65. The van der Waals surface area contributed by atoms with Crippen molar-refractivity contribution >= 4 is 38.6 Å². The fraction of sp³-hybridized carbons (Fsp3) is 0.417. The molecule has 0 aliphatic rings. The number of ether oxygens (including phenoxy) is 1. The Bertz CT molecular complexity index is 588. The van der Waals surface area contributed by atoms with Crippen LogP contribution < -0.4 is 0 Å². The van der Waals surface area contributed by atoms with Gasteiger partial charge < -0.3 is 9.84 Å². The number of benzene rings is 1. The number of nitrogens with zero attached hydrogens (tertiary/aromatic N) is 1. The second-order valence-corrected chi connectivity index (χ2v) is 7.04. The molecule has 112 valence electrons. The lowest BCUT2D eigenvalue weighted by Gasteiger charge is -2.20. The summed E-state index contributed by atoms with van der Waals surface area (Å²) < 4.78 is 31.5. The first kappa shape index (κ1) is 17.3. The highest BCUT2D eigenvalue weighted by atomic mass is 127. The van der Waals surface area contributed by atoms with Crippen LogP contribution >= 0.6 is 22.6 Å². The molecule has 8 heteroatoms. The van der Waals surface area contributed by atoms with Crippen molar-refractivity contribution < 1.29 is 23.1 Å². The van der Waals surface area contributed by atoms with E-state index in [1.807, 2.05) is 22.6 Å². The van der Waals surface area contributed by atoms with Crippen LogP contribution in [0.4, 0.5) is 0 Å². The predicted octanol–water partition coefficient (Wildman–Crippen LogP) is 1.65. The van der Waals surface area contributed by atoms with E-state index in [1.54, 1.807) is 6.92 Å². The largest absolute Gasteiger partial charge is 0.478 e. The minimum absolute atomic E-state index is 0.0190. The molecule has 0 bridgehead atoms. The van der Waals surface area contributed by atoms with Crippen molar-refractivity contribution in [2.45, 2.75) is 11.8 Å². The molecule has 20 heavy (non-hydrogen) atoms. The number of sulfonamides is 1. The molecule has 0 saturated heterocycles. The summed E-state index contributed by atoms with van der Waals surface area (Å²) in [4.78, 5) is 11.1. The molecule has 0 fully saturated rings. The molecule has 0 aliphatic heterocycles. The van der Waals surface area contributed by atoms with Crippen molar-refractivity contribution in [3.8, 4) is 0 Å². The van der Waals surface area contributed by atoms with Crippen molar-refractivity contribution in [1.82, 2.24) is 4.31 Å². The molecule has 0 heterocycles. The van der Waals surface area contributed by atoms with Crippen LogP contribution in [0, 0.1) is 3.57 Å². The van der Waals surface area contributed by atoms with Gasteiger partial charge >= 0.3 is 5.97 Å². The van der Waals surface area contributed by atoms with E-state index >= 15 is 0 Å². The van der Waals surface area contributed by atoms with Crippen molar-refractivity contribution in [3.05, 3.63) is 27.3 Å². The Morgan fingerprint density at radius 1 is 1.45 bits per heavy atom. The van der Waals surface area contributed by atoms with E-state index in [-0.39, 0.29) is 23.6 Å². The lowest BCUT2D eigenvalue weighted by Crippen LogP contribution is -2.33. The molecule has 1 aromatic carbocycles. The second-order valence-electron chi connectivity index (χ2n) is 3.94. The SMILES string of the molecule is CCN(CCOC)S(=O)(=O)c1ccc(I)c(C(=O)O)c1. The monoisotopic (exact) mass is 413 g/mol. The molecule has 0 saturated carbocycles. The highest BCUT2D eigenvalue weighted by Crippen LogP contribution is 2.21. The van der Waals surface area contributed by atoms with Crippen LogP contribution in [0.5, 0.6) is 0 Å². The topological polar surface area (TPSA) is 83.9 Å². The Hall–Kier alpha value is -0.710. The van der Waals surface area contributed by atoms with Gasteiger partial charge in [0.25, 0.3) is 0 Å². The zero-order valence-electron chi connectivity index (χ0n) is 11.2. The summed E-state index contributed by atoms with van der Waals surface area (Å²) in [6, 6.07) is 4.09. The molecule has 0 radical (unpaired) electrons. The number of hydrogen-bond donors (Lipinski definition) is 1. The Labute approximate surface area is 131 Å². The third-order valence-electron chi connectivity index (χ3n) is 2.70. The average Bonchev–Trinajstić information content (AvgIpc) is 2.39. The number of carboxylic acid groups (broad SMARTS) is 1. The van der Waals surface area contributed by atoms with E-state index in [0.717, 1.165) is 0 Å². The Balaban J connectivity index is 3.20. The number of methoxy groups -OCH3 is 1. The van der Waals surface area contributed by atoms with Gasteiger partial charge in [-0.15, -0.1) is 0 Å². The summed E-state index contributed by atoms with van der Waals surface area (Å²) in [6.45, 7) is 2.52. The molecule has 0 spiro atoms. The minimum atomic E-state index is -3.71. The Morgan fingerprint density at radius 2 is 2.10 bits per heavy atom. The number of halogens is 1. The van der Waals surface area contributed by atoms with Crippen molar-refractivity contribution in [3.63, 3.8) is 0 Å². The molecule has 0 unspecified atom stereocenters. The van der Waals surface area contributed by atoms with Gasteiger partial charge in [0.05, 0.1) is 17.1 Å². The first-order valence-corrected chi connectivity index (χ1v) is 8.38. The number of rotatable bonds is 7. The summed E-state index contributed by atoms with van der Waals surface area (Å²) in [7, 11) is -2.22. The third kappa shape index (κ3) is 3.90. The van der Waals surface area contributed by atoms with Crippen LogP contribution in [0.25, 0.3) is 0 Å². The summed E-state index contributed by atoms with van der Waals surface area (Å²) in [5.74, 6) is -1.15. The molecule has 0 aromatic heterocycles. The normalized spacial score (nSPS) is 11.8. The van der Waals surface area contributed by atoms with Crippen LogP contribution in [0.15, 0.2) is 23.1 Å². The van der Waals surface area contributed by atoms with E-state index in [9.17, 15) is 13.2 Å². The molecule has 0 amide bonds. The van der Waals surface area contributed by atoms with Gasteiger partial charge in [0, 0.05) is 23.8 Å². The highest BCUT2D eigenvalue weighted by molar-refractivity contribution is 14.1. The maximum absolute atomic E-state index is 12.4. The standard InChI is InChI=1S/C12H16INO5S/c1-3-14(6-7-19-2)20(17,18)9-4-5-11(13)10(8-9)12(15)16/h4-5,8H,3,6-7H2,1-2H3,(H,15,16). The van der Waals surface area contributed by atoms with Crippen molar-refractivity contribution in [2.24, 2.45) is 0 Å². The van der Waals surface area contributed by atoms with Gasteiger partial charge in [-0.1, -0.05) is 6.92 Å². The lowest BCUT2D eigenvalue weighted by atomic mass is 10.2. The summed E-state index contributed by atoms with van der Waals surface area (Å²) in [5, 5.41) is 9.06. The second kappa shape index (κ2) is 7.34. The van der Waals surface area contributed by atoms with Crippen molar-refractivity contribution in [2.75, 3.05) is 26.8 Å². The van der Waals surface area contributed by atoms with E-state index in [4.69, 9.17) is 9.84 Å². The van der Waals surface area contributed by atoms with Gasteiger partial charge in [-0.2, -0.15) is 4.31 Å². The average molecular weight is 413 g/mol.